The number of benzene rings is 2. The van der Waals surface area contributed by atoms with Crippen molar-refractivity contribution in [3.8, 4) is 11.3 Å². The van der Waals surface area contributed by atoms with Crippen molar-refractivity contribution in [3.63, 3.8) is 0 Å². The monoisotopic (exact) mass is 463 g/mol. The molecule has 1 saturated heterocycles. The molecule has 6 nitrogen and oxygen atoms in total. The summed E-state index contributed by atoms with van der Waals surface area (Å²) < 4.78 is 25.5. The molecule has 0 radical (unpaired) electrons. The minimum atomic E-state index is -0.378. The van der Waals surface area contributed by atoms with E-state index in [1.165, 1.54) is 6.07 Å². The Kier molecular flexibility index (Phi) is 6.75. The third-order valence-corrected chi connectivity index (χ3v) is 5.45. The number of ether oxygens (including phenoxy) is 1. The second kappa shape index (κ2) is 9.68. The molecular weight excluding hydrogens is 444 g/mol. The van der Waals surface area contributed by atoms with Gasteiger partial charge in [0.25, 0.3) is 0 Å². The van der Waals surface area contributed by atoms with Crippen LogP contribution in [0.4, 0.5) is 15.8 Å². The van der Waals surface area contributed by atoms with Crippen LogP contribution in [0.15, 0.2) is 47.0 Å². The van der Waals surface area contributed by atoms with Gasteiger partial charge < -0.3 is 19.4 Å². The molecule has 162 valence electrons. The predicted molar refractivity (Wildman–Crippen MR) is 118 cm³/mol. The Morgan fingerprint density at radius 1 is 1.16 bits per heavy atom. The first-order valence-corrected chi connectivity index (χ1v) is 10.6. The van der Waals surface area contributed by atoms with Gasteiger partial charge in [0.15, 0.2) is 11.7 Å². The molecular formula is C22H20Cl2FN3O3. The normalized spacial score (nSPS) is 14.0. The topological polar surface area (TPSA) is 67.6 Å². The van der Waals surface area contributed by atoms with Crippen LogP contribution in [0.5, 0.6) is 0 Å². The SMILES string of the molecule is O=C(CCc1ncc(-c2ccc(Cl)cc2Cl)o1)Nc1ccc(N2CCOCC2)c(F)c1. The Morgan fingerprint density at radius 2 is 1.97 bits per heavy atom. The zero-order valence-electron chi connectivity index (χ0n) is 16.5. The second-order valence-electron chi connectivity index (χ2n) is 7.06. The highest BCUT2D eigenvalue weighted by atomic mass is 35.5. The molecule has 2 aromatic carbocycles. The van der Waals surface area contributed by atoms with E-state index in [1.807, 2.05) is 4.90 Å². The van der Waals surface area contributed by atoms with Crippen molar-refractivity contribution in [3.05, 3.63) is 64.3 Å². The van der Waals surface area contributed by atoms with E-state index in [9.17, 15) is 9.18 Å². The lowest BCUT2D eigenvalue weighted by atomic mass is 10.2. The van der Waals surface area contributed by atoms with E-state index >= 15 is 0 Å². The van der Waals surface area contributed by atoms with Gasteiger partial charge in [-0.05, 0) is 36.4 Å². The van der Waals surface area contributed by atoms with E-state index in [1.54, 1.807) is 36.5 Å². The van der Waals surface area contributed by atoms with Crippen LogP contribution in [-0.4, -0.2) is 37.2 Å². The highest BCUT2D eigenvalue weighted by Crippen LogP contribution is 2.31. The number of carbonyl (C=O) groups is 1. The van der Waals surface area contributed by atoms with Crippen LogP contribution in [0.3, 0.4) is 0 Å². The summed E-state index contributed by atoms with van der Waals surface area (Å²) in [6.45, 7) is 2.43. The third kappa shape index (κ3) is 5.36. The zero-order valence-corrected chi connectivity index (χ0v) is 18.0. The molecule has 3 aromatic rings. The summed E-state index contributed by atoms with van der Waals surface area (Å²) in [5, 5.41) is 3.69. The van der Waals surface area contributed by atoms with E-state index < -0.39 is 0 Å². The van der Waals surface area contributed by atoms with Crippen molar-refractivity contribution in [2.75, 3.05) is 36.5 Å². The fourth-order valence-corrected chi connectivity index (χ4v) is 3.83. The van der Waals surface area contributed by atoms with Crippen molar-refractivity contribution < 1.29 is 18.3 Å². The van der Waals surface area contributed by atoms with Gasteiger partial charge in [-0.1, -0.05) is 23.2 Å². The standard InChI is InChI=1S/C22H20Cl2FN3O3/c23-14-1-3-16(17(24)11-14)20-13-26-22(31-20)6-5-21(29)27-15-2-4-19(18(25)12-15)28-7-9-30-10-8-28/h1-4,11-13H,5-10H2,(H,27,29). The van der Waals surface area contributed by atoms with Crippen LogP contribution in [0, 0.1) is 5.82 Å². The first kappa shape index (κ1) is 21.6. The van der Waals surface area contributed by atoms with Gasteiger partial charge in [0.1, 0.15) is 5.82 Å². The number of nitrogens with zero attached hydrogens (tertiary/aromatic N) is 2. The molecule has 9 heteroatoms. The smallest absolute Gasteiger partial charge is 0.224 e. The maximum atomic E-state index is 14.5. The molecule has 0 unspecified atom stereocenters. The summed E-state index contributed by atoms with van der Waals surface area (Å²) in [6, 6.07) is 9.77. The van der Waals surface area contributed by atoms with E-state index in [2.05, 4.69) is 10.3 Å². The van der Waals surface area contributed by atoms with Crippen molar-refractivity contribution in [2.45, 2.75) is 12.8 Å². The number of anilines is 2. The summed E-state index contributed by atoms with van der Waals surface area (Å²) in [7, 11) is 0. The summed E-state index contributed by atoms with van der Waals surface area (Å²) in [5.41, 5.74) is 1.58. The first-order chi connectivity index (χ1) is 15.0. The number of halogens is 3. The Balaban J connectivity index is 1.33. The molecule has 1 aromatic heterocycles. The number of aryl methyl sites for hydroxylation is 1. The van der Waals surface area contributed by atoms with Gasteiger partial charge in [-0.3, -0.25) is 4.79 Å². The third-order valence-electron chi connectivity index (χ3n) is 4.90. The predicted octanol–water partition coefficient (Wildman–Crippen LogP) is 5.20. The lowest BCUT2D eigenvalue weighted by Gasteiger charge is -2.29. The van der Waals surface area contributed by atoms with Crippen molar-refractivity contribution in [2.24, 2.45) is 0 Å². The van der Waals surface area contributed by atoms with Crippen LogP contribution in [0.1, 0.15) is 12.3 Å². The average Bonchev–Trinajstić information content (AvgIpc) is 3.22. The molecule has 0 atom stereocenters. The van der Waals surface area contributed by atoms with Crippen molar-refractivity contribution in [1.82, 2.24) is 4.98 Å². The van der Waals surface area contributed by atoms with Crippen LogP contribution >= 0.6 is 23.2 Å². The van der Waals surface area contributed by atoms with Crippen LogP contribution < -0.4 is 10.2 Å². The van der Waals surface area contributed by atoms with E-state index in [0.717, 1.165) is 0 Å². The second-order valence-corrected chi connectivity index (χ2v) is 7.90. The van der Waals surface area contributed by atoms with Gasteiger partial charge in [-0.25, -0.2) is 9.37 Å². The maximum Gasteiger partial charge on any atom is 0.224 e. The molecule has 2 heterocycles. The molecule has 1 N–H and O–H groups in total. The molecule has 1 amide bonds. The van der Waals surface area contributed by atoms with E-state index in [0.29, 0.717) is 71.4 Å². The fourth-order valence-electron chi connectivity index (χ4n) is 3.33. The molecule has 0 bridgehead atoms. The minimum Gasteiger partial charge on any atom is -0.441 e. The van der Waals surface area contributed by atoms with Crippen molar-refractivity contribution in [1.29, 1.82) is 0 Å². The molecule has 0 saturated carbocycles. The number of nitrogens with one attached hydrogen (secondary N) is 1. The summed E-state index contributed by atoms with van der Waals surface area (Å²) in [4.78, 5) is 18.4. The number of oxazole rings is 1. The zero-order chi connectivity index (χ0) is 21.8. The lowest BCUT2D eigenvalue weighted by molar-refractivity contribution is -0.116. The largest absolute Gasteiger partial charge is 0.441 e. The molecule has 31 heavy (non-hydrogen) atoms. The Bertz CT molecular complexity index is 1080. The average molecular weight is 464 g/mol. The molecule has 0 spiro atoms. The number of hydrogen-bond acceptors (Lipinski definition) is 5. The molecule has 0 aliphatic carbocycles. The first-order valence-electron chi connectivity index (χ1n) is 9.82. The van der Waals surface area contributed by atoms with Gasteiger partial charge in [-0.15, -0.1) is 0 Å². The summed E-state index contributed by atoms with van der Waals surface area (Å²) >= 11 is 12.1. The molecule has 1 aliphatic heterocycles. The number of rotatable bonds is 6. The number of hydrogen-bond donors (Lipinski definition) is 1. The Hall–Kier alpha value is -2.61. The van der Waals surface area contributed by atoms with Crippen LogP contribution in [0.25, 0.3) is 11.3 Å². The molecule has 1 fully saturated rings. The van der Waals surface area contributed by atoms with Crippen LogP contribution in [-0.2, 0) is 16.0 Å². The highest BCUT2D eigenvalue weighted by Gasteiger charge is 2.16. The van der Waals surface area contributed by atoms with Gasteiger partial charge in [0.2, 0.25) is 5.91 Å². The highest BCUT2D eigenvalue weighted by molar-refractivity contribution is 6.36. The fraction of sp³-hybridized carbons (Fsp3) is 0.273. The Labute approximate surface area is 188 Å². The van der Waals surface area contributed by atoms with Gasteiger partial charge in [0, 0.05) is 42.2 Å². The van der Waals surface area contributed by atoms with E-state index in [-0.39, 0.29) is 18.1 Å². The van der Waals surface area contributed by atoms with E-state index in [4.69, 9.17) is 32.4 Å². The lowest BCUT2D eigenvalue weighted by Crippen LogP contribution is -2.36. The van der Waals surface area contributed by atoms with Gasteiger partial charge in [-0.2, -0.15) is 0 Å². The Morgan fingerprint density at radius 3 is 2.71 bits per heavy atom. The van der Waals surface area contributed by atoms with Gasteiger partial charge in [0.05, 0.1) is 30.1 Å². The van der Waals surface area contributed by atoms with Crippen LogP contribution in [0.2, 0.25) is 10.0 Å². The summed E-state index contributed by atoms with van der Waals surface area (Å²) in [6.07, 6.45) is 1.99. The minimum absolute atomic E-state index is 0.140. The number of aromatic nitrogens is 1. The number of carbonyl (C=O) groups excluding carboxylic acids is 1. The van der Waals surface area contributed by atoms with Crippen molar-refractivity contribution >= 4 is 40.5 Å². The number of amides is 1. The summed E-state index contributed by atoms with van der Waals surface area (Å²) in [5.74, 6) is 0.266. The molecule has 4 rings (SSSR count). The quantitative estimate of drug-likeness (QED) is 0.544. The molecule has 1 aliphatic rings. The number of morpholine rings is 1. The van der Waals surface area contributed by atoms with Gasteiger partial charge >= 0.3 is 0 Å². The maximum absolute atomic E-state index is 14.5.